The molecule has 34 heavy (non-hydrogen) atoms. The number of hydrogen-bond donors (Lipinski definition) is 3. The van der Waals surface area contributed by atoms with Gasteiger partial charge in [0.15, 0.2) is 5.43 Å². The summed E-state index contributed by atoms with van der Waals surface area (Å²) in [6.45, 7) is 1.75. The summed E-state index contributed by atoms with van der Waals surface area (Å²) < 4.78 is 32.7. The number of nitrogens with one attached hydrogen (secondary N) is 3. The fourth-order valence-corrected chi connectivity index (χ4v) is 4.70. The van der Waals surface area contributed by atoms with Crippen molar-refractivity contribution >= 4 is 43.5 Å². The van der Waals surface area contributed by atoms with E-state index < -0.39 is 10.0 Å². The molecule has 0 aliphatic heterocycles. The van der Waals surface area contributed by atoms with Gasteiger partial charge in [0.25, 0.3) is 0 Å². The number of hydrogen-bond acceptors (Lipinski definition) is 8. The Morgan fingerprint density at radius 1 is 1.15 bits per heavy atom. The lowest BCUT2D eigenvalue weighted by atomic mass is 10.1. The molecule has 0 radical (unpaired) electrons. The number of aryl methyl sites for hydroxylation is 1. The lowest BCUT2D eigenvalue weighted by Crippen LogP contribution is -2.24. The second-order valence-electron chi connectivity index (χ2n) is 7.78. The molecule has 2 heterocycles. The molecule has 4 aromatic rings. The van der Waals surface area contributed by atoms with E-state index in [1.54, 1.807) is 68.8 Å². The van der Waals surface area contributed by atoms with Crippen molar-refractivity contribution in [1.82, 2.24) is 20.2 Å². The van der Waals surface area contributed by atoms with Crippen LogP contribution in [-0.4, -0.2) is 31.8 Å². The maximum atomic E-state index is 13.4. The molecule has 2 aromatic carbocycles. The highest BCUT2D eigenvalue weighted by Gasteiger charge is 2.14. The molecule has 0 saturated heterocycles. The molecule has 10 heteroatoms. The Kier molecular flexibility index (Phi) is 6.53. The first-order valence-electron chi connectivity index (χ1n) is 10.4. The molecule has 0 amide bonds. The summed E-state index contributed by atoms with van der Waals surface area (Å²) in [5, 5.41) is 15.7. The third-order valence-electron chi connectivity index (χ3n) is 5.24. The Morgan fingerprint density at radius 2 is 1.94 bits per heavy atom. The van der Waals surface area contributed by atoms with Crippen molar-refractivity contribution in [3.63, 3.8) is 0 Å². The van der Waals surface area contributed by atoms with Gasteiger partial charge in [-0.25, -0.2) is 13.1 Å². The maximum absolute atomic E-state index is 13.4. The normalized spacial score (nSPS) is 12.2. The van der Waals surface area contributed by atoms with E-state index >= 15 is 0 Å². The Labute approximate surface area is 196 Å². The number of aromatic nitrogens is 2. The molecule has 0 fully saturated rings. The van der Waals surface area contributed by atoms with Gasteiger partial charge in [-0.2, -0.15) is 0 Å². The van der Waals surface area contributed by atoms with Crippen LogP contribution in [0.3, 0.4) is 0 Å². The van der Waals surface area contributed by atoms with Gasteiger partial charge in [-0.15, -0.1) is 0 Å². The molecular weight excluding hydrogens is 454 g/mol. The van der Waals surface area contributed by atoms with Crippen molar-refractivity contribution in [2.45, 2.75) is 19.2 Å². The number of allylic oxidation sites excluding steroid dienone is 1. The average molecular weight is 478 g/mol. The number of nitrogens with zero attached hydrogens (tertiary/aromatic N) is 2. The van der Waals surface area contributed by atoms with Crippen molar-refractivity contribution in [3.8, 4) is 0 Å². The van der Waals surface area contributed by atoms with E-state index in [1.165, 1.54) is 6.21 Å². The minimum atomic E-state index is -3.68. The quantitative estimate of drug-likeness (QED) is 0.332. The summed E-state index contributed by atoms with van der Waals surface area (Å²) >= 11 is 0. The van der Waals surface area contributed by atoms with Crippen LogP contribution >= 0.6 is 0 Å². The fourth-order valence-electron chi connectivity index (χ4n) is 3.62. The molecule has 174 valence electrons. The fraction of sp³-hybridized carbons (Fsp3) is 0.167. The van der Waals surface area contributed by atoms with Gasteiger partial charge in [0, 0.05) is 53.6 Å². The number of fused-ring (bicyclic) bond motifs is 2. The van der Waals surface area contributed by atoms with Crippen molar-refractivity contribution < 1.29 is 12.9 Å². The first kappa shape index (κ1) is 23.3. The third-order valence-corrected chi connectivity index (χ3v) is 6.54. The van der Waals surface area contributed by atoms with E-state index in [4.69, 9.17) is 9.93 Å². The van der Waals surface area contributed by atoms with Crippen LogP contribution in [0.4, 0.5) is 0 Å². The highest BCUT2D eigenvalue weighted by atomic mass is 32.2. The molecule has 2 aromatic heterocycles. The van der Waals surface area contributed by atoms with Gasteiger partial charge < -0.3 is 15.2 Å². The predicted octanol–water partition coefficient (Wildman–Crippen LogP) is 2.87. The molecule has 0 atom stereocenters. The van der Waals surface area contributed by atoms with Crippen LogP contribution in [0.25, 0.3) is 27.2 Å². The first-order chi connectivity index (χ1) is 16.3. The standard InChI is InChI=1S/C24H23N5O4S/c1-15-7-20(29-33-15)13-28-34(31,32)14-16-3-4-17-5-6-23-22(24(30)21(17)8-16)9-18(12-27-23)19(10-25)11-26-2/h3-12,25-26,28H,13-14H2,1-2H3/b19-11+,25-10?. The Hall–Kier alpha value is -3.89. The Morgan fingerprint density at radius 3 is 2.65 bits per heavy atom. The highest BCUT2D eigenvalue weighted by molar-refractivity contribution is 7.88. The zero-order valence-electron chi connectivity index (χ0n) is 18.6. The monoisotopic (exact) mass is 477 g/mol. The summed E-state index contributed by atoms with van der Waals surface area (Å²) in [6.07, 6.45) is 4.44. The van der Waals surface area contributed by atoms with Crippen molar-refractivity contribution in [1.29, 1.82) is 5.41 Å². The van der Waals surface area contributed by atoms with Crippen molar-refractivity contribution in [2.75, 3.05) is 7.05 Å². The van der Waals surface area contributed by atoms with E-state index in [0.717, 1.165) is 0 Å². The lowest BCUT2D eigenvalue weighted by molar-refractivity contribution is 0.390. The second kappa shape index (κ2) is 9.54. The molecule has 0 bridgehead atoms. The van der Waals surface area contributed by atoms with Gasteiger partial charge in [0.05, 0.1) is 23.5 Å². The van der Waals surface area contributed by atoms with Crippen molar-refractivity contribution in [3.05, 3.63) is 87.7 Å². The molecule has 0 aliphatic rings. The van der Waals surface area contributed by atoms with E-state index in [9.17, 15) is 13.2 Å². The van der Waals surface area contributed by atoms with Crippen LogP contribution in [-0.2, 0) is 22.3 Å². The van der Waals surface area contributed by atoms with Crippen LogP contribution in [0, 0.1) is 12.3 Å². The number of benzene rings is 1. The average Bonchev–Trinajstić information content (AvgIpc) is 3.19. The van der Waals surface area contributed by atoms with E-state index in [0.29, 0.717) is 49.8 Å². The van der Waals surface area contributed by atoms with Crippen LogP contribution in [0.1, 0.15) is 22.6 Å². The summed E-state index contributed by atoms with van der Waals surface area (Å²) in [6, 6.07) is 11.9. The topological polar surface area (TPSA) is 138 Å². The third kappa shape index (κ3) is 5.03. The van der Waals surface area contributed by atoms with Crippen LogP contribution in [0.2, 0.25) is 0 Å². The summed E-state index contributed by atoms with van der Waals surface area (Å²) in [5.41, 5.74) is 2.42. The molecule has 0 aliphatic carbocycles. The lowest BCUT2D eigenvalue weighted by Gasteiger charge is -2.06. The van der Waals surface area contributed by atoms with E-state index in [-0.39, 0.29) is 17.7 Å². The van der Waals surface area contributed by atoms with Crippen molar-refractivity contribution in [2.24, 2.45) is 0 Å². The van der Waals surface area contributed by atoms with Crippen LogP contribution in [0.15, 0.2) is 64.2 Å². The summed E-state index contributed by atoms with van der Waals surface area (Å²) in [4.78, 5) is 17.8. The Bertz CT molecular complexity index is 1590. The largest absolute Gasteiger partial charge is 0.393 e. The highest BCUT2D eigenvalue weighted by Crippen LogP contribution is 2.20. The SMILES string of the molecule is CN/C=C(\C=N)c1cnc2ccc3ccc(CS(=O)(=O)NCc4cc(C)on4)cc3c(=O)c2c1. The van der Waals surface area contributed by atoms with Crippen LogP contribution < -0.4 is 15.5 Å². The minimum absolute atomic E-state index is 0.0175. The van der Waals surface area contributed by atoms with Gasteiger partial charge in [-0.05, 0) is 36.1 Å². The second-order valence-corrected chi connectivity index (χ2v) is 9.59. The number of sulfonamides is 1. The van der Waals surface area contributed by atoms with Gasteiger partial charge in [-0.3, -0.25) is 9.78 Å². The van der Waals surface area contributed by atoms with Gasteiger partial charge in [-0.1, -0.05) is 23.4 Å². The van der Waals surface area contributed by atoms with Crippen LogP contribution in [0.5, 0.6) is 0 Å². The molecule has 0 spiro atoms. The molecule has 9 nitrogen and oxygen atoms in total. The predicted molar refractivity (Wildman–Crippen MR) is 132 cm³/mol. The summed E-state index contributed by atoms with van der Waals surface area (Å²) in [5.74, 6) is 0.306. The minimum Gasteiger partial charge on any atom is -0.393 e. The summed E-state index contributed by atoms with van der Waals surface area (Å²) in [7, 11) is -1.95. The zero-order valence-corrected chi connectivity index (χ0v) is 19.4. The number of pyridine rings is 1. The molecule has 4 rings (SSSR count). The molecule has 3 N–H and O–H groups in total. The number of rotatable bonds is 8. The van der Waals surface area contributed by atoms with E-state index in [2.05, 4.69) is 20.2 Å². The smallest absolute Gasteiger partial charge is 0.216 e. The van der Waals surface area contributed by atoms with Gasteiger partial charge in [0.2, 0.25) is 10.0 Å². The maximum Gasteiger partial charge on any atom is 0.216 e. The molecular formula is C24H23N5O4S. The zero-order chi connectivity index (χ0) is 24.3. The first-order valence-corrected chi connectivity index (χ1v) is 12.1. The molecule has 0 saturated carbocycles. The van der Waals surface area contributed by atoms with E-state index in [1.807, 2.05) is 0 Å². The van der Waals surface area contributed by atoms with Gasteiger partial charge >= 0.3 is 0 Å². The Balaban J connectivity index is 1.72. The van der Waals surface area contributed by atoms with Gasteiger partial charge in [0.1, 0.15) is 5.76 Å². The molecule has 0 unspecified atom stereocenters.